The Labute approximate surface area is 185 Å². The first kappa shape index (κ1) is 23.5. The molecule has 31 heavy (non-hydrogen) atoms. The largest absolute Gasteiger partial charge is 0.381 e. The molecular weight excluding hydrogens is 394 g/mol. The van der Waals surface area contributed by atoms with Crippen LogP contribution in [0.3, 0.4) is 0 Å². The number of likely N-dealkylation sites (N-methyl/N-ethyl adjacent to an activating group) is 1. The molecule has 3 rings (SSSR count). The number of hydrogen-bond acceptors (Lipinski definition) is 5. The molecule has 0 radical (unpaired) electrons. The van der Waals surface area contributed by atoms with Crippen LogP contribution in [0.25, 0.3) is 0 Å². The van der Waals surface area contributed by atoms with E-state index in [0.717, 1.165) is 57.9 Å². The lowest BCUT2D eigenvalue weighted by Gasteiger charge is -2.32. The van der Waals surface area contributed by atoms with Gasteiger partial charge in [0.25, 0.3) is 0 Å². The van der Waals surface area contributed by atoms with Crippen molar-refractivity contribution in [1.82, 2.24) is 20.9 Å². The van der Waals surface area contributed by atoms with Crippen LogP contribution in [-0.4, -0.2) is 75.9 Å². The quantitative estimate of drug-likeness (QED) is 0.424. The normalized spacial score (nSPS) is 19.2. The van der Waals surface area contributed by atoms with E-state index in [1.54, 1.807) is 14.1 Å². The van der Waals surface area contributed by atoms with Gasteiger partial charge in [-0.05, 0) is 36.8 Å². The minimum absolute atomic E-state index is 0.0734. The second-order valence-corrected chi connectivity index (χ2v) is 8.24. The van der Waals surface area contributed by atoms with Gasteiger partial charge in [-0.3, -0.25) is 14.7 Å². The van der Waals surface area contributed by atoms with Crippen molar-refractivity contribution in [1.29, 1.82) is 0 Å². The molecule has 8 nitrogen and oxygen atoms in total. The van der Waals surface area contributed by atoms with Gasteiger partial charge in [0.2, 0.25) is 5.91 Å². The molecule has 0 saturated carbocycles. The summed E-state index contributed by atoms with van der Waals surface area (Å²) in [6.45, 7) is 5.25. The summed E-state index contributed by atoms with van der Waals surface area (Å²) >= 11 is 0. The maximum atomic E-state index is 11.5. The van der Waals surface area contributed by atoms with Crippen molar-refractivity contribution in [2.45, 2.75) is 51.0 Å². The Hall–Kier alpha value is -2.16. The monoisotopic (exact) mass is 431 g/mol. The van der Waals surface area contributed by atoms with Gasteiger partial charge in [0, 0.05) is 53.0 Å². The number of carbonyl (C=O) groups is 1. The molecule has 172 valence electrons. The Kier molecular flexibility index (Phi) is 9.58. The number of likely N-dealkylation sites (tertiary alicyclic amines) is 1. The lowest BCUT2D eigenvalue weighted by atomic mass is 10.1. The van der Waals surface area contributed by atoms with Gasteiger partial charge in [-0.15, -0.1) is 0 Å². The Balaban J connectivity index is 1.40. The first-order chi connectivity index (χ1) is 15.2. The fourth-order valence-electron chi connectivity index (χ4n) is 3.98. The molecule has 2 saturated heterocycles. The highest BCUT2D eigenvalue weighted by molar-refractivity contribution is 5.80. The van der Waals surface area contributed by atoms with Gasteiger partial charge in [-0.1, -0.05) is 24.3 Å². The zero-order chi connectivity index (χ0) is 21.9. The highest BCUT2D eigenvalue weighted by Gasteiger charge is 2.21. The van der Waals surface area contributed by atoms with Crippen molar-refractivity contribution >= 4 is 11.9 Å². The summed E-state index contributed by atoms with van der Waals surface area (Å²) in [5, 5.41) is 9.63. The summed E-state index contributed by atoms with van der Waals surface area (Å²) in [7, 11) is 3.48. The third-order valence-corrected chi connectivity index (χ3v) is 5.90. The summed E-state index contributed by atoms with van der Waals surface area (Å²) in [5.41, 5.74) is 2.40. The Morgan fingerprint density at radius 2 is 1.94 bits per heavy atom. The van der Waals surface area contributed by atoms with Gasteiger partial charge in [0.1, 0.15) is 0 Å². The van der Waals surface area contributed by atoms with E-state index in [2.05, 4.69) is 50.1 Å². The molecule has 1 aromatic carbocycles. The smallest absolute Gasteiger partial charge is 0.233 e. The topological polar surface area (TPSA) is 87.2 Å². The molecule has 0 aliphatic carbocycles. The third-order valence-electron chi connectivity index (χ3n) is 5.90. The predicted molar refractivity (Wildman–Crippen MR) is 122 cm³/mol. The number of amides is 1. The van der Waals surface area contributed by atoms with Crippen LogP contribution in [0.4, 0.5) is 0 Å². The molecule has 0 aromatic heterocycles. The van der Waals surface area contributed by atoms with Crippen LogP contribution in [0.5, 0.6) is 0 Å². The lowest BCUT2D eigenvalue weighted by Crippen LogP contribution is -2.49. The number of aliphatic imine (C=N–C) groups is 1. The number of carbonyl (C=O) groups excluding carboxylic acids is 1. The average Bonchev–Trinajstić information content (AvgIpc) is 2.82. The van der Waals surface area contributed by atoms with Crippen molar-refractivity contribution in [3.8, 4) is 0 Å². The number of nitrogens with one attached hydrogen (secondary N) is 3. The highest BCUT2D eigenvalue weighted by Crippen LogP contribution is 2.14. The third kappa shape index (κ3) is 8.12. The van der Waals surface area contributed by atoms with Crippen LogP contribution < -0.4 is 16.0 Å². The number of piperidine rings is 1. The summed E-state index contributed by atoms with van der Waals surface area (Å²) in [6, 6.07) is 8.87. The van der Waals surface area contributed by atoms with Gasteiger partial charge in [-0.25, -0.2) is 0 Å². The van der Waals surface area contributed by atoms with Crippen LogP contribution in [0.1, 0.15) is 36.8 Å². The second kappa shape index (κ2) is 12.6. The SMILES string of the molecule is CN=C(NCc1cccc(COC2CCOCC2)c1)NC1CCN(CC(=O)NC)CC1. The first-order valence-electron chi connectivity index (χ1n) is 11.3. The Bertz CT molecular complexity index is 713. The number of nitrogens with zero attached hydrogens (tertiary/aromatic N) is 2. The molecular formula is C23H37N5O3. The zero-order valence-corrected chi connectivity index (χ0v) is 18.9. The zero-order valence-electron chi connectivity index (χ0n) is 18.9. The Morgan fingerprint density at radius 1 is 1.19 bits per heavy atom. The highest BCUT2D eigenvalue weighted by atomic mass is 16.5. The van der Waals surface area contributed by atoms with E-state index in [1.165, 1.54) is 11.1 Å². The molecule has 2 fully saturated rings. The van der Waals surface area contributed by atoms with E-state index in [4.69, 9.17) is 9.47 Å². The molecule has 3 N–H and O–H groups in total. The number of hydrogen-bond donors (Lipinski definition) is 3. The van der Waals surface area contributed by atoms with E-state index in [-0.39, 0.29) is 5.91 Å². The van der Waals surface area contributed by atoms with E-state index in [9.17, 15) is 4.79 Å². The van der Waals surface area contributed by atoms with Crippen LogP contribution in [0.15, 0.2) is 29.3 Å². The molecule has 2 aliphatic rings. The minimum atomic E-state index is 0.0734. The van der Waals surface area contributed by atoms with E-state index < -0.39 is 0 Å². The van der Waals surface area contributed by atoms with E-state index >= 15 is 0 Å². The van der Waals surface area contributed by atoms with Gasteiger partial charge >= 0.3 is 0 Å². The van der Waals surface area contributed by atoms with Crippen molar-refractivity contribution in [2.75, 3.05) is 46.9 Å². The number of rotatable bonds is 8. The molecule has 8 heteroatoms. The molecule has 0 unspecified atom stereocenters. The maximum Gasteiger partial charge on any atom is 0.233 e. The Morgan fingerprint density at radius 3 is 2.65 bits per heavy atom. The van der Waals surface area contributed by atoms with Gasteiger partial charge in [0.05, 0.1) is 19.3 Å². The lowest BCUT2D eigenvalue weighted by molar-refractivity contribution is -0.122. The molecule has 1 amide bonds. The number of guanidine groups is 1. The summed E-state index contributed by atoms with van der Waals surface area (Å²) < 4.78 is 11.4. The first-order valence-corrected chi connectivity index (χ1v) is 11.3. The molecule has 1 aromatic rings. The summed E-state index contributed by atoms with van der Waals surface area (Å²) in [4.78, 5) is 18.1. The standard InChI is InChI=1S/C23H37N5O3/c1-24-22(29)16-28-10-6-20(7-11-28)27-23(25-2)26-15-18-4-3-5-19(14-18)17-31-21-8-12-30-13-9-21/h3-5,14,20-21H,6-13,15-17H2,1-2H3,(H,24,29)(H2,25,26,27). The van der Waals surface area contributed by atoms with Gasteiger partial charge in [0.15, 0.2) is 5.96 Å². The van der Waals surface area contributed by atoms with Crippen molar-refractivity contribution in [3.63, 3.8) is 0 Å². The minimum Gasteiger partial charge on any atom is -0.381 e. The van der Waals surface area contributed by atoms with Crippen LogP contribution in [0.2, 0.25) is 0 Å². The van der Waals surface area contributed by atoms with Gasteiger partial charge in [-0.2, -0.15) is 0 Å². The average molecular weight is 432 g/mol. The van der Waals surface area contributed by atoms with Crippen LogP contribution >= 0.6 is 0 Å². The van der Waals surface area contributed by atoms with E-state index in [1.807, 2.05) is 0 Å². The number of benzene rings is 1. The molecule has 0 spiro atoms. The van der Waals surface area contributed by atoms with E-state index in [0.29, 0.717) is 31.8 Å². The maximum absolute atomic E-state index is 11.5. The fraction of sp³-hybridized carbons (Fsp3) is 0.652. The van der Waals surface area contributed by atoms with Crippen LogP contribution in [0, 0.1) is 0 Å². The fourth-order valence-corrected chi connectivity index (χ4v) is 3.98. The molecule has 2 heterocycles. The number of ether oxygens (including phenoxy) is 2. The molecule has 2 aliphatic heterocycles. The summed E-state index contributed by atoms with van der Waals surface area (Å²) in [5.74, 6) is 0.887. The summed E-state index contributed by atoms with van der Waals surface area (Å²) in [6.07, 6.45) is 4.26. The van der Waals surface area contributed by atoms with Crippen LogP contribution in [-0.2, 0) is 27.4 Å². The van der Waals surface area contributed by atoms with Crippen molar-refractivity contribution < 1.29 is 14.3 Å². The molecule has 0 atom stereocenters. The van der Waals surface area contributed by atoms with Crippen molar-refractivity contribution in [3.05, 3.63) is 35.4 Å². The van der Waals surface area contributed by atoms with Crippen molar-refractivity contribution in [2.24, 2.45) is 4.99 Å². The van der Waals surface area contributed by atoms with Gasteiger partial charge < -0.3 is 25.4 Å². The second-order valence-electron chi connectivity index (χ2n) is 8.24. The molecule has 0 bridgehead atoms. The predicted octanol–water partition coefficient (Wildman–Crippen LogP) is 1.26.